The summed E-state index contributed by atoms with van der Waals surface area (Å²) in [6, 6.07) is 9.73. The third-order valence-electron chi connectivity index (χ3n) is 4.45. The number of phenolic OH excluding ortho intramolecular Hbond substituents is 1. The minimum absolute atomic E-state index is 0.0538. The summed E-state index contributed by atoms with van der Waals surface area (Å²) < 4.78 is 16.1. The highest BCUT2D eigenvalue weighted by Gasteiger charge is 2.15. The Bertz CT molecular complexity index is 1060. The number of unbranched alkanes of at least 4 members (excludes halogenated alkanes) is 1. The van der Waals surface area contributed by atoms with E-state index in [2.05, 4.69) is 5.32 Å². The van der Waals surface area contributed by atoms with Gasteiger partial charge in [-0.1, -0.05) is 25.5 Å². The molecule has 1 amide bonds. The lowest BCUT2D eigenvalue weighted by molar-refractivity contribution is -0.123. The molecule has 3 rings (SSSR count). The van der Waals surface area contributed by atoms with Crippen molar-refractivity contribution in [3.8, 4) is 28.4 Å². The van der Waals surface area contributed by atoms with Gasteiger partial charge in [0.25, 0.3) is 5.91 Å². The molecule has 7 nitrogen and oxygen atoms in total. The van der Waals surface area contributed by atoms with Gasteiger partial charge in [-0.05, 0) is 24.1 Å². The van der Waals surface area contributed by atoms with Crippen LogP contribution >= 0.6 is 0 Å². The third-order valence-corrected chi connectivity index (χ3v) is 4.45. The molecule has 0 fully saturated rings. The molecular formula is C22H23NO6. The number of aromatic hydroxyl groups is 1. The summed E-state index contributed by atoms with van der Waals surface area (Å²) in [5.41, 5.74) is 0.774. The van der Waals surface area contributed by atoms with Gasteiger partial charge in [-0.3, -0.25) is 9.59 Å². The molecular weight excluding hydrogens is 374 g/mol. The highest BCUT2D eigenvalue weighted by Crippen LogP contribution is 2.30. The van der Waals surface area contributed by atoms with Gasteiger partial charge in [0, 0.05) is 18.7 Å². The van der Waals surface area contributed by atoms with Crippen LogP contribution in [0.2, 0.25) is 0 Å². The monoisotopic (exact) mass is 397 g/mol. The standard InChI is InChI=1S/C22H23NO6/c1-3-4-9-23-20(25)13-28-16-10-18(24)21-19(11-16)29-12-17(22(21)26)14-5-7-15(27-2)8-6-14/h5-8,10-12,24H,3-4,9,13H2,1-2H3,(H,23,25). The molecule has 0 bridgehead atoms. The van der Waals surface area contributed by atoms with Crippen LogP contribution in [-0.4, -0.2) is 31.3 Å². The Morgan fingerprint density at radius 1 is 1.17 bits per heavy atom. The van der Waals surface area contributed by atoms with Crippen LogP contribution in [0.1, 0.15) is 19.8 Å². The summed E-state index contributed by atoms with van der Waals surface area (Å²) in [7, 11) is 1.56. The molecule has 0 radical (unpaired) electrons. The van der Waals surface area contributed by atoms with Crippen molar-refractivity contribution in [1.82, 2.24) is 5.32 Å². The molecule has 7 heteroatoms. The Morgan fingerprint density at radius 2 is 1.93 bits per heavy atom. The highest BCUT2D eigenvalue weighted by atomic mass is 16.5. The van der Waals surface area contributed by atoms with E-state index in [4.69, 9.17) is 13.9 Å². The van der Waals surface area contributed by atoms with Crippen molar-refractivity contribution < 1.29 is 23.8 Å². The van der Waals surface area contributed by atoms with Crippen molar-refractivity contribution in [3.05, 3.63) is 52.9 Å². The van der Waals surface area contributed by atoms with Crippen molar-refractivity contribution in [3.63, 3.8) is 0 Å². The molecule has 1 heterocycles. The van der Waals surface area contributed by atoms with Crippen molar-refractivity contribution in [1.29, 1.82) is 0 Å². The Hall–Kier alpha value is -3.48. The number of amides is 1. The molecule has 0 unspecified atom stereocenters. The summed E-state index contributed by atoms with van der Waals surface area (Å²) in [5.74, 6) is 0.380. The number of phenols is 1. The first kappa shape index (κ1) is 20.3. The maximum absolute atomic E-state index is 12.9. The Morgan fingerprint density at radius 3 is 2.62 bits per heavy atom. The zero-order valence-corrected chi connectivity index (χ0v) is 16.4. The normalized spacial score (nSPS) is 10.7. The van der Waals surface area contributed by atoms with Crippen LogP contribution in [0.15, 0.2) is 51.9 Å². The lowest BCUT2D eigenvalue weighted by atomic mass is 10.0. The molecule has 1 aromatic heterocycles. The minimum Gasteiger partial charge on any atom is -0.507 e. The number of rotatable bonds is 8. The lowest BCUT2D eigenvalue weighted by Crippen LogP contribution is -2.29. The Balaban J connectivity index is 1.84. The average molecular weight is 397 g/mol. The summed E-state index contributed by atoms with van der Waals surface area (Å²) in [5, 5.41) is 13.2. The fraction of sp³-hybridized carbons (Fsp3) is 0.273. The average Bonchev–Trinajstić information content (AvgIpc) is 2.72. The number of benzene rings is 2. The number of hydrogen-bond donors (Lipinski definition) is 2. The number of hydrogen-bond acceptors (Lipinski definition) is 6. The van der Waals surface area contributed by atoms with Crippen molar-refractivity contribution in [2.75, 3.05) is 20.3 Å². The molecule has 0 aliphatic heterocycles. The zero-order valence-electron chi connectivity index (χ0n) is 16.4. The second-order valence-corrected chi connectivity index (χ2v) is 6.51. The number of carbonyl (C=O) groups excluding carboxylic acids is 1. The molecule has 2 N–H and O–H groups in total. The zero-order chi connectivity index (χ0) is 20.8. The van der Waals surface area contributed by atoms with Gasteiger partial charge < -0.3 is 24.3 Å². The van der Waals surface area contributed by atoms with Gasteiger partial charge in [0.05, 0.1) is 12.7 Å². The van der Waals surface area contributed by atoms with Crippen molar-refractivity contribution >= 4 is 16.9 Å². The largest absolute Gasteiger partial charge is 0.507 e. The van der Waals surface area contributed by atoms with Gasteiger partial charge >= 0.3 is 0 Å². The highest BCUT2D eigenvalue weighted by molar-refractivity contribution is 5.88. The molecule has 152 valence electrons. The van der Waals surface area contributed by atoms with Gasteiger partial charge in [-0.2, -0.15) is 0 Å². The van der Waals surface area contributed by atoms with E-state index in [1.165, 1.54) is 18.4 Å². The van der Waals surface area contributed by atoms with E-state index in [0.29, 0.717) is 23.4 Å². The van der Waals surface area contributed by atoms with Crippen LogP contribution in [0.25, 0.3) is 22.1 Å². The quantitative estimate of drug-likeness (QED) is 0.565. The van der Waals surface area contributed by atoms with Crippen molar-refractivity contribution in [2.24, 2.45) is 0 Å². The van der Waals surface area contributed by atoms with Crippen molar-refractivity contribution in [2.45, 2.75) is 19.8 Å². The first-order chi connectivity index (χ1) is 14.0. The lowest BCUT2D eigenvalue weighted by Gasteiger charge is -2.09. The van der Waals surface area contributed by atoms with E-state index in [1.54, 1.807) is 31.4 Å². The smallest absolute Gasteiger partial charge is 0.257 e. The summed E-state index contributed by atoms with van der Waals surface area (Å²) >= 11 is 0. The van der Waals surface area contributed by atoms with E-state index in [-0.39, 0.29) is 40.4 Å². The maximum Gasteiger partial charge on any atom is 0.257 e. The molecule has 0 aliphatic rings. The minimum atomic E-state index is -0.363. The van der Waals surface area contributed by atoms with Gasteiger partial charge in [0.1, 0.15) is 34.5 Å². The number of carbonyl (C=O) groups is 1. The van der Waals surface area contributed by atoms with E-state index in [1.807, 2.05) is 6.92 Å². The molecule has 0 aliphatic carbocycles. The summed E-state index contributed by atoms with van der Waals surface area (Å²) in [4.78, 5) is 24.6. The number of ether oxygens (including phenoxy) is 2. The number of fused-ring (bicyclic) bond motifs is 1. The van der Waals surface area contributed by atoms with Crippen LogP contribution in [0.3, 0.4) is 0 Å². The molecule has 0 atom stereocenters. The topological polar surface area (TPSA) is 98.0 Å². The maximum atomic E-state index is 12.9. The molecule has 0 saturated carbocycles. The van der Waals surface area contributed by atoms with E-state index in [0.717, 1.165) is 12.8 Å². The first-order valence-electron chi connectivity index (χ1n) is 9.36. The first-order valence-corrected chi connectivity index (χ1v) is 9.36. The van der Waals surface area contributed by atoms with E-state index < -0.39 is 0 Å². The fourth-order valence-electron chi connectivity index (χ4n) is 2.87. The second kappa shape index (κ2) is 9.14. The van der Waals surface area contributed by atoms with E-state index >= 15 is 0 Å². The SMILES string of the molecule is CCCCNC(=O)COc1cc(O)c2c(=O)c(-c3ccc(OC)cc3)coc2c1. The Labute approximate surface area is 167 Å². The van der Waals surface area contributed by atoms with Gasteiger partial charge in [0.2, 0.25) is 5.43 Å². The molecule has 29 heavy (non-hydrogen) atoms. The second-order valence-electron chi connectivity index (χ2n) is 6.51. The molecule has 2 aromatic carbocycles. The van der Waals surface area contributed by atoms with Crippen LogP contribution in [0.4, 0.5) is 0 Å². The number of methoxy groups -OCH3 is 1. The summed E-state index contributed by atoms with van der Waals surface area (Å²) in [6.45, 7) is 2.43. The molecule has 0 spiro atoms. The third kappa shape index (κ3) is 4.68. The van der Waals surface area contributed by atoms with Crippen LogP contribution in [0.5, 0.6) is 17.2 Å². The number of nitrogens with one attached hydrogen (secondary N) is 1. The molecule has 3 aromatic rings. The predicted octanol–water partition coefficient (Wildman–Crippen LogP) is 3.47. The van der Waals surface area contributed by atoms with Gasteiger partial charge in [-0.15, -0.1) is 0 Å². The van der Waals surface area contributed by atoms with Crippen LogP contribution in [-0.2, 0) is 4.79 Å². The van der Waals surface area contributed by atoms with Crippen LogP contribution in [0, 0.1) is 0 Å². The van der Waals surface area contributed by atoms with Gasteiger partial charge in [-0.25, -0.2) is 0 Å². The Kier molecular flexibility index (Phi) is 6.39. The molecule has 0 saturated heterocycles. The van der Waals surface area contributed by atoms with Crippen LogP contribution < -0.4 is 20.2 Å². The fourth-order valence-corrected chi connectivity index (χ4v) is 2.87. The van der Waals surface area contributed by atoms with E-state index in [9.17, 15) is 14.7 Å². The summed E-state index contributed by atoms with van der Waals surface area (Å²) in [6.07, 6.45) is 3.22. The predicted molar refractivity (Wildman–Crippen MR) is 110 cm³/mol. The van der Waals surface area contributed by atoms with Gasteiger partial charge in [0.15, 0.2) is 6.61 Å².